The van der Waals surface area contributed by atoms with Crippen LogP contribution in [0.5, 0.6) is 0 Å². The molecule has 4 nitrogen and oxygen atoms in total. The lowest BCUT2D eigenvalue weighted by Crippen LogP contribution is -2.00. The van der Waals surface area contributed by atoms with Crippen molar-refractivity contribution < 1.29 is 0 Å². The first-order valence-electron chi connectivity index (χ1n) is 13.2. The molecule has 0 atom stereocenters. The fraction of sp³-hybridized carbons (Fsp3) is 0. The summed E-state index contributed by atoms with van der Waals surface area (Å²) < 4.78 is 0. The molecule has 7 aromatic rings. The van der Waals surface area contributed by atoms with Crippen LogP contribution in [-0.4, -0.2) is 19.9 Å². The summed E-state index contributed by atoms with van der Waals surface area (Å²) in [7, 11) is 0. The van der Waals surface area contributed by atoms with Crippen LogP contribution < -0.4 is 0 Å². The first-order chi connectivity index (χ1) is 19.8. The molecule has 2 heterocycles. The van der Waals surface area contributed by atoms with E-state index in [4.69, 9.17) is 15.0 Å². The second-order valence-electron chi connectivity index (χ2n) is 9.60. The van der Waals surface area contributed by atoms with Crippen LogP contribution in [0.2, 0.25) is 0 Å². The number of rotatable bonds is 5. The van der Waals surface area contributed by atoms with E-state index in [2.05, 4.69) is 71.7 Å². The van der Waals surface area contributed by atoms with Gasteiger partial charge in [0, 0.05) is 40.0 Å². The Bertz CT molecular complexity index is 1850. The van der Waals surface area contributed by atoms with Gasteiger partial charge in [0.2, 0.25) is 0 Å². The van der Waals surface area contributed by atoms with Crippen LogP contribution in [0.15, 0.2) is 146 Å². The normalized spacial score (nSPS) is 11.0. The van der Waals surface area contributed by atoms with E-state index in [1.54, 1.807) is 0 Å². The molecule has 0 amide bonds. The molecule has 0 bridgehead atoms. The molecule has 0 radical (unpaired) electrons. The topological polar surface area (TPSA) is 51.6 Å². The Morgan fingerprint density at radius 3 is 1.30 bits per heavy atom. The zero-order valence-corrected chi connectivity index (χ0v) is 21.6. The maximum Gasteiger partial charge on any atom is 0.164 e. The number of fused-ring (bicyclic) bond motifs is 1. The molecule has 0 saturated carbocycles. The zero-order valence-electron chi connectivity index (χ0n) is 21.6. The van der Waals surface area contributed by atoms with Crippen LogP contribution in [-0.2, 0) is 0 Å². The van der Waals surface area contributed by atoms with Crippen LogP contribution in [0, 0.1) is 0 Å². The van der Waals surface area contributed by atoms with Crippen molar-refractivity contribution in [2.45, 2.75) is 0 Å². The molecule has 0 saturated heterocycles. The Morgan fingerprint density at radius 2 is 0.750 bits per heavy atom. The van der Waals surface area contributed by atoms with E-state index in [-0.39, 0.29) is 0 Å². The molecule has 2 aromatic heterocycles. The van der Waals surface area contributed by atoms with Gasteiger partial charge in [0.1, 0.15) is 0 Å². The van der Waals surface area contributed by atoms with E-state index in [0.29, 0.717) is 17.5 Å². The summed E-state index contributed by atoms with van der Waals surface area (Å²) in [6.07, 6.45) is 3.85. The zero-order chi connectivity index (χ0) is 26.7. The molecular formula is C36H24N4. The molecule has 4 heteroatoms. The van der Waals surface area contributed by atoms with Gasteiger partial charge in [-0.15, -0.1) is 0 Å². The highest BCUT2D eigenvalue weighted by molar-refractivity contribution is 5.96. The van der Waals surface area contributed by atoms with E-state index in [9.17, 15) is 0 Å². The number of nitrogens with zero attached hydrogens (tertiary/aromatic N) is 4. The fourth-order valence-electron chi connectivity index (χ4n) is 4.94. The first-order valence-corrected chi connectivity index (χ1v) is 13.2. The minimum absolute atomic E-state index is 0.651. The highest BCUT2D eigenvalue weighted by Gasteiger charge is 2.12. The smallest absolute Gasteiger partial charge is 0.164 e. The molecule has 5 aromatic carbocycles. The van der Waals surface area contributed by atoms with E-state index in [1.165, 1.54) is 5.39 Å². The lowest BCUT2D eigenvalue weighted by atomic mass is 9.97. The molecule has 40 heavy (non-hydrogen) atoms. The predicted octanol–water partition coefficient (Wildman–Crippen LogP) is 8.75. The monoisotopic (exact) mass is 512 g/mol. The third-order valence-corrected chi connectivity index (χ3v) is 7.04. The number of benzene rings is 5. The van der Waals surface area contributed by atoms with Gasteiger partial charge in [0.25, 0.3) is 0 Å². The van der Waals surface area contributed by atoms with Gasteiger partial charge in [-0.05, 0) is 22.1 Å². The minimum atomic E-state index is 0.651. The van der Waals surface area contributed by atoms with Gasteiger partial charge in [-0.25, -0.2) is 15.0 Å². The number of aromatic nitrogens is 4. The van der Waals surface area contributed by atoms with E-state index in [0.717, 1.165) is 44.3 Å². The molecule has 0 N–H and O–H groups in total. The highest BCUT2D eigenvalue weighted by atomic mass is 15.0. The molecule has 0 aliphatic heterocycles. The maximum absolute atomic E-state index is 4.84. The lowest BCUT2D eigenvalue weighted by Gasteiger charge is -2.10. The Hall–Kier alpha value is -5.48. The quantitative estimate of drug-likeness (QED) is 0.231. The number of pyridine rings is 1. The van der Waals surface area contributed by atoms with Crippen molar-refractivity contribution in [2.24, 2.45) is 0 Å². The van der Waals surface area contributed by atoms with Crippen LogP contribution in [0.4, 0.5) is 0 Å². The standard InChI is InChI=1S/C36H24N4/c1-3-9-28(10-4-1)34-38-35(29-11-5-2-6-12-29)40-36(39-34)30-21-17-26(18-22-30)25-15-19-27(20-16-25)33-24-37-23-31-13-7-8-14-32(31)33/h1-24H. The van der Waals surface area contributed by atoms with Gasteiger partial charge in [0.05, 0.1) is 0 Å². The SMILES string of the molecule is c1ccc(-c2nc(-c3ccccc3)nc(-c3ccc(-c4ccc(-c5cncc6ccccc56)cc4)cc3)n2)cc1. The van der Waals surface area contributed by atoms with E-state index >= 15 is 0 Å². The van der Waals surface area contributed by atoms with Crippen molar-refractivity contribution in [2.75, 3.05) is 0 Å². The summed E-state index contributed by atoms with van der Waals surface area (Å²) in [6.45, 7) is 0. The third kappa shape index (κ3) is 4.63. The molecular weight excluding hydrogens is 488 g/mol. The van der Waals surface area contributed by atoms with Gasteiger partial charge in [-0.3, -0.25) is 4.98 Å². The molecule has 0 spiro atoms. The average molecular weight is 513 g/mol. The van der Waals surface area contributed by atoms with Gasteiger partial charge in [-0.1, -0.05) is 133 Å². The average Bonchev–Trinajstić information content (AvgIpc) is 3.05. The van der Waals surface area contributed by atoms with Crippen molar-refractivity contribution in [3.05, 3.63) is 146 Å². The van der Waals surface area contributed by atoms with Gasteiger partial charge in [0.15, 0.2) is 17.5 Å². The summed E-state index contributed by atoms with van der Waals surface area (Å²) in [4.78, 5) is 18.9. The molecule has 0 aliphatic rings. The summed E-state index contributed by atoms with van der Waals surface area (Å²) in [5, 5.41) is 2.35. The van der Waals surface area contributed by atoms with Crippen LogP contribution in [0.25, 0.3) is 67.2 Å². The predicted molar refractivity (Wildman–Crippen MR) is 162 cm³/mol. The Labute approximate surface area is 232 Å². The van der Waals surface area contributed by atoms with E-state index < -0.39 is 0 Å². The summed E-state index contributed by atoms with van der Waals surface area (Å²) in [6, 6.07) is 45.5. The highest BCUT2D eigenvalue weighted by Crippen LogP contribution is 2.31. The Kier molecular flexibility index (Phi) is 6.11. The molecule has 0 fully saturated rings. The van der Waals surface area contributed by atoms with Crippen LogP contribution >= 0.6 is 0 Å². The summed E-state index contributed by atoms with van der Waals surface area (Å²) in [5.41, 5.74) is 7.43. The summed E-state index contributed by atoms with van der Waals surface area (Å²) >= 11 is 0. The second-order valence-corrected chi connectivity index (χ2v) is 9.60. The maximum atomic E-state index is 4.84. The van der Waals surface area contributed by atoms with Crippen molar-refractivity contribution >= 4 is 10.8 Å². The minimum Gasteiger partial charge on any atom is -0.263 e. The van der Waals surface area contributed by atoms with E-state index in [1.807, 2.05) is 79.1 Å². The van der Waals surface area contributed by atoms with Crippen molar-refractivity contribution in [1.82, 2.24) is 19.9 Å². The van der Waals surface area contributed by atoms with Gasteiger partial charge in [-0.2, -0.15) is 0 Å². The lowest BCUT2D eigenvalue weighted by molar-refractivity contribution is 1.07. The number of hydrogen-bond acceptors (Lipinski definition) is 4. The molecule has 0 aliphatic carbocycles. The Morgan fingerprint density at radius 1 is 0.325 bits per heavy atom. The Balaban J connectivity index is 1.22. The third-order valence-electron chi connectivity index (χ3n) is 7.04. The molecule has 188 valence electrons. The van der Waals surface area contributed by atoms with Gasteiger partial charge >= 0.3 is 0 Å². The molecule has 0 unspecified atom stereocenters. The second kappa shape index (κ2) is 10.4. The van der Waals surface area contributed by atoms with Gasteiger partial charge < -0.3 is 0 Å². The van der Waals surface area contributed by atoms with Crippen molar-refractivity contribution in [1.29, 1.82) is 0 Å². The number of hydrogen-bond donors (Lipinski definition) is 0. The van der Waals surface area contributed by atoms with Crippen LogP contribution in [0.1, 0.15) is 0 Å². The van der Waals surface area contributed by atoms with Crippen molar-refractivity contribution in [3.8, 4) is 56.4 Å². The summed E-state index contributed by atoms with van der Waals surface area (Å²) in [5.74, 6) is 1.97. The largest absolute Gasteiger partial charge is 0.263 e. The fourth-order valence-corrected chi connectivity index (χ4v) is 4.94. The van der Waals surface area contributed by atoms with Crippen LogP contribution in [0.3, 0.4) is 0 Å². The molecule has 7 rings (SSSR count). The van der Waals surface area contributed by atoms with Crippen molar-refractivity contribution in [3.63, 3.8) is 0 Å². The first kappa shape index (κ1) is 23.6.